The summed E-state index contributed by atoms with van der Waals surface area (Å²) in [6.45, 7) is 1.78. The van der Waals surface area contributed by atoms with Crippen LogP contribution in [0.4, 0.5) is 23.2 Å². The first-order valence-corrected chi connectivity index (χ1v) is 6.54. The van der Waals surface area contributed by atoms with E-state index in [2.05, 4.69) is 5.32 Å². The molecule has 0 heterocycles. The quantitative estimate of drug-likeness (QED) is 0.719. The molecule has 2 aromatic carbocycles. The second-order valence-electron chi connectivity index (χ2n) is 4.61. The third-order valence-electron chi connectivity index (χ3n) is 3.00. The Morgan fingerprint density at radius 3 is 2.43 bits per heavy atom. The molecule has 0 bridgehead atoms. The van der Waals surface area contributed by atoms with E-state index in [0.717, 1.165) is 17.7 Å². The van der Waals surface area contributed by atoms with Crippen LogP contribution in [0.3, 0.4) is 0 Å². The van der Waals surface area contributed by atoms with Gasteiger partial charge in [-0.05, 0) is 42.8 Å². The first-order valence-electron chi connectivity index (χ1n) is 6.16. The Labute approximate surface area is 124 Å². The minimum absolute atomic E-state index is 0.191. The molecule has 2 aromatic rings. The lowest BCUT2D eigenvalue weighted by Gasteiger charge is -2.17. The fourth-order valence-electron chi connectivity index (χ4n) is 1.94. The van der Waals surface area contributed by atoms with Gasteiger partial charge >= 0.3 is 6.18 Å². The molecule has 1 nitrogen and oxygen atoms in total. The molecule has 6 heteroatoms. The Bertz CT molecular complexity index is 640. The van der Waals surface area contributed by atoms with E-state index in [1.54, 1.807) is 31.2 Å². The maximum atomic E-state index is 13.2. The maximum absolute atomic E-state index is 13.2. The van der Waals surface area contributed by atoms with E-state index in [1.165, 1.54) is 6.07 Å². The first kappa shape index (κ1) is 15.6. The molecule has 0 aliphatic heterocycles. The number of alkyl halides is 3. The third kappa shape index (κ3) is 3.88. The van der Waals surface area contributed by atoms with Crippen LogP contribution in [0.25, 0.3) is 0 Å². The summed E-state index contributed by atoms with van der Waals surface area (Å²) in [4.78, 5) is 0. The number of rotatable bonds is 3. The van der Waals surface area contributed by atoms with Crippen LogP contribution in [-0.4, -0.2) is 0 Å². The van der Waals surface area contributed by atoms with Crippen LogP contribution in [0.5, 0.6) is 0 Å². The summed E-state index contributed by atoms with van der Waals surface area (Å²) in [5.41, 5.74) is -0.276. The molecule has 0 saturated heterocycles. The molecule has 0 fully saturated rings. The van der Waals surface area contributed by atoms with Crippen molar-refractivity contribution in [1.29, 1.82) is 0 Å². The molecule has 1 atom stereocenters. The zero-order valence-electron chi connectivity index (χ0n) is 11.0. The van der Waals surface area contributed by atoms with Gasteiger partial charge in [0.2, 0.25) is 0 Å². The Kier molecular flexibility index (Phi) is 4.42. The summed E-state index contributed by atoms with van der Waals surface area (Å²) in [7, 11) is 0. The van der Waals surface area contributed by atoms with E-state index in [0.29, 0.717) is 5.02 Å². The van der Waals surface area contributed by atoms with E-state index in [1.807, 2.05) is 0 Å². The Morgan fingerprint density at radius 1 is 1.10 bits per heavy atom. The molecule has 0 saturated carbocycles. The number of anilines is 1. The van der Waals surface area contributed by atoms with Gasteiger partial charge in [0, 0.05) is 16.8 Å². The third-order valence-corrected chi connectivity index (χ3v) is 3.24. The van der Waals surface area contributed by atoms with Gasteiger partial charge in [-0.2, -0.15) is 13.2 Å². The van der Waals surface area contributed by atoms with Crippen LogP contribution < -0.4 is 5.32 Å². The summed E-state index contributed by atoms with van der Waals surface area (Å²) < 4.78 is 51.2. The minimum atomic E-state index is -4.72. The second kappa shape index (κ2) is 5.93. The zero-order chi connectivity index (χ0) is 15.6. The Morgan fingerprint density at radius 2 is 1.81 bits per heavy atom. The topological polar surface area (TPSA) is 12.0 Å². The van der Waals surface area contributed by atoms with Crippen molar-refractivity contribution >= 4 is 17.3 Å². The molecule has 0 aliphatic rings. The van der Waals surface area contributed by atoms with Crippen molar-refractivity contribution in [1.82, 2.24) is 0 Å². The zero-order valence-corrected chi connectivity index (χ0v) is 11.8. The fourth-order valence-corrected chi connectivity index (χ4v) is 2.14. The van der Waals surface area contributed by atoms with Gasteiger partial charge in [0.1, 0.15) is 5.82 Å². The lowest BCUT2D eigenvalue weighted by molar-refractivity contribution is -0.139. The number of benzene rings is 2. The average molecular weight is 318 g/mol. The predicted octanol–water partition coefficient (Wildman–Crippen LogP) is 5.67. The second-order valence-corrected chi connectivity index (χ2v) is 5.05. The van der Waals surface area contributed by atoms with E-state index >= 15 is 0 Å². The molecule has 1 N–H and O–H groups in total. The highest BCUT2D eigenvalue weighted by molar-refractivity contribution is 6.30. The monoisotopic (exact) mass is 317 g/mol. The van der Waals surface area contributed by atoms with Crippen molar-refractivity contribution in [3.63, 3.8) is 0 Å². The van der Waals surface area contributed by atoms with Crippen molar-refractivity contribution in [3.8, 4) is 0 Å². The number of halogens is 5. The van der Waals surface area contributed by atoms with Crippen LogP contribution in [0.15, 0.2) is 42.5 Å². The molecule has 0 amide bonds. The molecule has 1 unspecified atom stereocenters. The number of nitrogens with one attached hydrogen (secondary N) is 1. The number of hydrogen-bond donors (Lipinski definition) is 1. The van der Waals surface area contributed by atoms with Crippen LogP contribution >= 0.6 is 11.6 Å². The molecule has 0 spiro atoms. The highest BCUT2D eigenvalue weighted by Gasteiger charge is 2.34. The molecule has 0 radical (unpaired) electrons. The van der Waals surface area contributed by atoms with Gasteiger partial charge in [0.15, 0.2) is 0 Å². The van der Waals surface area contributed by atoms with Crippen LogP contribution in [-0.2, 0) is 6.18 Å². The predicted molar refractivity (Wildman–Crippen MR) is 74.9 cm³/mol. The smallest absolute Gasteiger partial charge is 0.379 e. The van der Waals surface area contributed by atoms with E-state index in [-0.39, 0.29) is 11.7 Å². The van der Waals surface area contributed by atoms with Crippen molar-refractivity contribution in [2.45, 2.75) is 19.1 Å². The van der Waals surface area contributed by atoms with E-state index in [9.17, 15) is 17.6 Å². The van der Waals surface area contributed by atoms with Gasteiger partial charge in [-0.1, -0.05) is 23.7 Å². The van der Waals surface area contributed by atoms with Crippen LogP contribution in [0.2, 0.25) is 5.02 Å². The van der Waals surface area contributed by atoms with Crippen molar-refractivity contribution < 1.29 is 17.6 Å². The molecule has 2 rings (SSSR count). The van der Waals surface area contributed by atoms with Gasteiger partial charge < -0.3 is 5.32 Å². The molecular formula is C15H12ClF4N. The van der Waals surface area contributed by atoms with E-state index in [4.69, 9.17) is 11.6 Å². The fraction of sp³-hybridized carbons (Fsp3) is 0.200. The highest BCUT2D eigenvalue weighted by Crippen LogP contribution is 2.33. The summed E-state index contributed by atoms with van der Waals surface area (Å²) in [5.74, 6) is -1.29. The summed E-state index contributed by atoms with van der Waals surface area (Å²) in [6.07, 6.45) is -4.72. The molecule has 0 aliphatic carbocycles. The van der Waals surface area contributed by atoms with Gasteiger partial charge in [-0.25, -0.2) is 4.39 Å². The van der Waals surface area contributed by atoms with Crippen molar-refractivity contribution in [2.24, 2.45) is 0 Å². The highest BCUT2D eigenvalue weighted by atomic mass is 35.5. The van der Waals surface area contributed by atoms with Crippen LogP contribution in [0.1, 0.15) is 24.1 Å². The first-order chi connectivity index (χ1) is 9.77. The molecule has 112 valence electrons. The lowest BCUT2D eigenvalue weighted by Crippen LogP contribution is -2.11. The van der Waals surface area contributed by atoms with Gasteiger partial charge in [0.25, 0.3) is 0 Å². The Hall–Kier alpha value is -1.75. The Balaban J connectivity index is 2.24. The summed E-state index contributed by atoms with van der Waals surface area (Å²) in [6, 6.07) is 9.54. The SMILES string of the molecule is CC(Nc1ccc(F)c(C(F)(F)F)c1)c1cccc(Cl)c1. The normalized spacial score (nSPS) is 13.0. The molecular weight excluding hydrogens is 306 g/mol. The van der Waals surface area contributed by atoms with Crippen LogP contribution in [0, 0.1) is 5.82 Å². The van der Waals surface area contributed by atoms with Gasteiger partial charge in [-0.15, -0.1) is 0 Å². The van der Waals surface area contributed by atoms with E-state index < -0.39 is 17.6 Å². The summed E-state index contributed by atoms with van der Waals surface area (Å²) in [5, 5.41) is 3.44. The molecule has 0 aromatic heterocycles. The average Bonchev–Trinajstić information content (AvgIpc) is 2.39. The number of hydrogen-bond acceptors (Lipinski definition) is 1. The standard InChI is InChI=1S/C15H12ClF4N/c1-9(10-3-2-4-11(16)7-10)21-12-5-6-14(17)13(8-12)15(18,19)20/h2-9,21H,1H3. The van der Waals surface area contributed by atoms with Gasteiger partial charge in [-0.3, -0.25) is 0 Å². The maximum Gasteiger partial charge on any atom is 0.419 e. The minimum Gasteiger partial charge on any atom is -0.379 e. The lowest BCUT2D eigenvalue weighted by atomic mass is 10.1. The van der Waals surface area contributed by atoms with Gasteiger partial charge in [0.05, 0.1) is 5.56 Å². The molecule has 21 heavy (non-hydrogen) atoms. The van der Waals surface area contributed by atoms with Crippen molar-refractivity contribution in [3.05, 3.63) is 64.4 Å². The van der Waals surface area contributed by atoms with Crippen molar-refractivity contribution in [2.75, 3.05) is 5.32 Å². The largest absolute Gasteiger partial charge is 0.419 e. The summed E-state index contributed by atoms with van der Waals surface area (Å²) >= 11 is 5.87.